The lowest BCUT2D eigenvalue weighted by Gasteiger charge is -2.35. The maximum Gasteiger partial charge on any atom is 0.278 e. The molecule has 2 aliphatic rings. The largest absolute Gasteiger partial charge is 0.379 e. The molecule has 0 radical (unpaired) electrons. The standard InChI is InChI=1S/C25H25N7O3/c1-2-10-31-23(33)19-13-27-24(28-18-7-6-16-8-9-26-12-17(16)11-18)30-22(19)32(31)21-5-3-4-20(29-21)25(34)14-35-15-25/h2-7,11,13,26,34H,1,8-10,12,14-15H2,(H,27,28,30). The third kappa shape index (κ3) is 3.72. The molecule has 6 rings (SSSR count). The Morgan fingerprint density at radius 2 is 2.11 bits per heavy atom. The minimum Gasteiger partial charge on any atom is -0.379 e. The summed E-state index contributed by atoms with van der Waals surface area (Å²) in [7, 11) is 0. The number of allylic oxidation sites excluding steroid dienone is 1. The number of pyridine rings is 1. The molecule has 3 N–H and O–H groups in total. The van der Waals surface area contributed by atoms with E-state index in [-0.39, 0.29) is 25.3 Å². The predicted octanol–water partition coefficient (Wildman–Crippen LogP) is 1.77. The van der Waals surface area contributed by atoms with Gasteiger partial charge in [0.2, 0.25) is 5.95 Å². The van der Waals surface area contributed by atoms with E-state index in [1.54, 1.807) is 29.0 Å². The quantitative estimate of drug-likeness (QED) is 0.364. The van der Waals surface area contributed by atoms with Gasteiger partial charge in [-0.15, -0.1) is 6.58 Å². The van der Waals surface area contributed by atoms with Crippen molar-refractivity contribution in [2.24, 2.45) is 0 Å². The Labute approximate surface area is 200 Å². The van der Waals surface area contributed by atoms with Crippen LogP contribution < -0.4 is 16.2 Å². The molecule has 178 valence electrons. The summed E-state index contributed by atoms with van der Waals surface area (Å²) in [6.45, 7) is 6.22. The van der Waals surface area contributed by atoms with Crippen molar-refractivity contribution in [1.29, 1.82) is 0 Å². The van der Waals surface area contributed by atoms with Gasteiger partial charge in [0.05, 0.1) is 25.5 Å². The summed E-state index contributed by atoms with van der Waals surface area (Å²) in [5.41, 5.74) is 2.97. The number of hydrogen-bond donors (Lipinski definition) is 3. The van der Waals surface area contributed by atoms with Gasteiger partial charge in [0, 0.05) is 18.4 Å². The van der Waals surface area contributed by atoms with Gasteiger partial charge in [-0.05, 0) is 48.4 Å². The normalized spacial score (nSPS) is 16.5. The molecule has 2 aliphatic heterocycles. The molecule has 0 bridgehead atoms. The molecule has 0 atom stereocenters. The minimum atomic E-state index is -1.13. The van der Waals surface area contributed by atoms with Crippen molar-refractivity contribution in [1.82, 2.24) is 29.6 Å². The van der Waals surface area contributed by atoms with Crippen molar-refractivity contribution in [3.05, 3.63) is 82.4 Å². The average Bonchev–Trinajstić information content (AvgIpc) is 3.13. The summed E-state index contributed by atoms with van der Waals surface area (Å²) in [6, 6.07) is 11.6. The fourth-order valence-corrected chi connectivity index (χ4v) is 4.54. The molecular formula is C25H25N7O3. The molecule has 1 saturated heterocycles. The zero-order valence-corrected chi connectivity index (χ0v) is 19.1. The molecule has 0 unspecified atom stereocenters. The maximum atomic E-state index is 13.2. The Morgan fingerprint density at radius 3 is 2.91 bits per heavy atom. The molecule has 35 heavy (non-hydrogen) atoms. The fraction of sp³-hybridized carbons (Fsp3) is 0.280. The van der Waals surface area contributed by atoms with Gasteiger partial charge in [-0.2, -0.15) is 4.98 Å². The third-order valence-electron chi connectivity index (χ3n) is 6.44. The maximum absolute atomic E-state index is 13.2. The molecule has 0 amide bonds. The fourth-order valence-electron chi connectivity index (χ4n) is 4.54. The third-order valence-corrected chi connectivity index (χ3v) is 6.44. The lowest BCUT2D eigenvalue weighted by Crippen LogP contribution is -2.47. The van der Waals surface area contributed by atoms with Crippen LogP contribution >= 0.6 is 0 Å². The van der Waals surface area contributed by atoms with E-state index in [0.29, 0.717) is 28.5 Å². The number of benzene rings is 1. The number of aromatic nitrogens is 5. The monoisotopic (exact) mass is 471 g/mol. The first-order valence-corrected chi connectivity index (χ1v) is 11.5. The molecule has 10 heteroatoms. The minimum absolute atomic E-state index is 0.182. The molecule has 10 nitrogen and oxygen atoms in total. The second-order valence-corrected chi connectivity index (χ2v) is 8.86. The Hall–Kier alpha value is -3.86. The van der Waals surface area contributed by atoms with Crippen molar-refractivity contribution < 1.29 is 9.84 Å². The summed E-state index contributed by atoms with van der Waals surface area (Å²) in [4.78, 5) is 26.9. The molecular weight excluding hydrogens is 446 g/mol. The van der Waals surface area contributed by atoms with E-state index < -0.39 is 5.60 Å². The van der Waals surface area contributed by atoms with Crippen molar-refractivity contribution in [2.45, 2.75) is 25.1 Å². The highest BCUT2D eigenvalue weighted by Gasteiger charge is 2.39. The Balaban J connectivity index is 1.44. The summed E-state index contributed by atoms with van der Waals surface area (Å²) in [6.07, 6.45) is 4.18. The van der Waals surface area contributed by atoms with Crippen LogP contribution in [-0.2, 0) is 29.8 Å². The van der Waals surface area contributed by atoms with Crippen LogP contribution in [-0.4, -0.2) is 49.2 Å². The SMILES string of the molecule is C=CCn1c(=O)c2cnc(Nc3ccc4c(c3)CNCC4)nc2n1-c1cccc(C2(O)COC2)n1. The highest BCUT2D eigenvalue weighted by Crippen LogP contribution is 2.29. The van der Waals surface area contributed by atoms with Crippen LogP contribution in [0.25, 0.3) is 16.9 Å². The predicted molar refractivity (Wildman–Crippen MR) is 131 cm³/mol. The summed E-state index contributed by atoms with van der Waals surface area (Å²) < 4.78 is 8.34. The molecule has 0 spiro atoms. The van der Waals surface area contributed by atoms with Gasteiger partial charge in [0.1, 0.15) is 5.39 Å². The van der Waals surface area contributed by atoms with Gasteiger partial charge in [0.25, 0.3) is 5.56 Å². The van der Waals surface area contributed by atoms with Crippen LogP contribution in [0.15, 0.2) is 60.0 Å². The first-order chi connectivity index (χ1) is 17.1. The van der Waals surface area contributed by atoms with Crippen molar-refractivity contribution in [2.75, 3.05) is 25.1 Å². The van der Waals surface area contributed by atoms with E-state index in [2.05, 4.69) is 39.3 Å². The number of nitrogens with one attached hydrogen (secondary N) is 2. The molecule has 5 heterocycles. The molecule has 1 fully saturated rings. The van der Waals surface area contributed by atoms with E-state index in [1.165, 1.54) is 22.0 Å². The average molecular weight is 472 g/mol. The van der Waals surface area contributed by atoms with Crippen LogP contribution in [0.1, 0.15) is 16.8 Å². The van der Waals surface area contributed by atoms with E-state index >= 15 is 0 Å². The van der Waals surface area contributed by atoms with Crippen LogP contribution in [0.2, 0.25) is 0 Å². The van der Waals surface area contributed by atoms with Gasteiger partial charge in [-0.25, -0.2) is 19.3 Å². The highest BCUT2D eigenvalue weighted by molar-refractivity contribution is 5.77. The first-order valence-electron chi connectivity index (χ1n) is 11.5. The van der Waals surface area contributed by atoms with E-state index in [9.17, 15) is 9.90 Å². The molecule has 1 aromatic carbocycles. The lowest BCUT2D eigenvalue weighted by molar-refractivity contribution is -0.186. The van der Waals surface area contributed by atoms with E-state index in [1.807, 2.05) is 6.07 Å². The smallest absolute Gasteiger partial charge is 0.278 e. The number of hydrogen-bond acceptors (Lipinski definition) is 8. The molecule has 0 aliphatic carbocycles. The zero-order valence-electron chi connectivity index (χ0n) is 19.1. The zero-order chi connectivity index (χ0) is 24.0. The summed E-state index contributed by atoms with van der Waals surface area (Å²) >= 11 is 0. The second-order valence-electron chi connectivity index (χ2n) is 8.86. The number of ether oxygens (including phenoxy) is 1. The second kappa shape index (κ2) is 8.42. The van der Waals surface area contributed by atoms with Gasteiger partial charge >= 0.3 is 0 Å². The van der Waals surface area contributed by atoms with Gasteiger partial charge in [0.15, 0.2) is 17.1 Å². The Morgan fingerprint density at radius 1 is 1.23 bits per heavy atom. The van der Waals surface area contributed by atoms with Crippen LogP contribution in [0, 0.1) is 0 Å². The van der Waals surface area contributed by atoms with Crippen LogP contribution in [0.4, 0.5) is 11.6 Å². The Kier molecular flexibility index (Phi) is 5.21. The van der Waals surface area contributed by atoms with Gasteiger partial charge in [-0.1, -0.05) is 18.2 Å². The van der Waals surface area contributed by atoms with Crippen LogP contribution in [0.5, 0.6) is 0 Å². The number of nitrogens with zero attached hydrogens (tertiary/aromatic N) is 5. The lowest BCUT2D eigenvalue weighted by atomic mass is 9.97. The van der Waals surface area contributed by atoms with Crippen molar-refractivity contribution >= 4 is 22.7 Å². The number of anilines is 2. The number of fused-ring (bicyclic) bond motifs is 2. The molecule has 0 saturated carbocycles. The van der Waals surface area contributed by atoms with E-state index in [0.717, 1.165) is 25.2 Å². The summed E-state index contributed by atoms with van der Waals surface area (Å²) in [5.74, 6) is 0.828. The Bertz CT molecular complexity index is 1500. The van der Waals surface area contributed by atoms with Crippen LogP contribution in [0.3, 0.4) is 0 Å². The topological polar surface area (TPSA) is 119 Å². The highest BCUT2D eigenvalue weighted by atomic mass is 16.5. The van der Waals surface area contributed by atoms with E-state index in [4.69, 9.17) is 9.72 Å². The van der Waals surface area contributed by atoms with Gasteiger partial charge < -0.3 is 20.5 Å². The summed E-state index contributed by atoms with van der Waals surface area (Å²) in [5, 5.41) is 17.7. The number of aliphatic hydroxyl groups is 1. The van der Waals surface area contributed by atoms with Crippen molar-refractivity contribution in [3.63, 3.8) is 0 Å². The first kappa shape index (κ1) is 21.7. The molecule has 4 aromatic rings. The van der Waals surface area contributed by atoms with Crippen molar-refractivity contribution in [3.8, 4) is 5.82 Å². The molecule has 3 aromatic heterocycles. The number of rotatable bonds is 6. The van der Waals surface area contributed by atoms with Gasteiger partial charge in [-0.3, -0.25) is 4.79 Å².